The van der Waals surface area contributed by atoms with E-state index in [1.165, 1.54) is 0 Å². The Bertz CT molecular complexity index is 475. The molecule has 0 spiro atoms. The normalized spacial score (nSPS) is 13.0. The molecule has 0 aliphatic carbocycles. The van der Waals surface area contributed by atoms with Crippen molar-refractivity contribution in [2.24, 2.45) is 5.41 Å². The van der Waals surface area contributed by atoms with Crippen LogP contribution in [0.3, 0.4) is 0 Å². The highest BCUT2D eigenvalue weighted by Crippen LogP contribution is 2.30. The number of aryl methyl sites for hydroxylation is 1. The predicted molar refractivity (Wildman–Crippen MR) is 73.8 cm³/mol. The first-order chi connectivity index (χ1) is 7.68. The quantitative estimate of drug-likeness (QED) is 0.848. The molecule has 0 saturated heterocycles. The molecule has 17 heavy (non-hydrogen) atoms. The van der Waals surface area contributed by atoms with Gasteiger partial charge in [0.25, 0.3) is 0 Å². The zero-order chi connectivity index (χ0) is 13.3. The van der Waals surface area contributed by atoms with Gasteiger partial charge in [0.1, 0.15) is 4.21 Å². The number of hydrogen-bond acceptors (Lipinski definition) is 3. The average molecular weight is 316 g/mol. The van der Waals surface area contributed by atoms with E-state index in [2.05, 4.69) is 4.72 Å². The fraction of sp³-hybridized carbons (Fsp3) is 0.600. The van der Waals surface area contributed by atoms with Crippen molar-refractivity contribution in [1.29, 1.82) is 0 Å². The van der Waals surface area contributed by atoms with Crippen LogP contribution in [-0.2, 0) is 10.0 Å². The van der Waals surface area contributed by atoms with Crippen LogP contribution < -0.4 is 4.72 Å². The van der Waals surface area contributed by atoms with Gasteiger partial charge in [-0.05, 0) is 24.0 Å². The van der Waals surface area contributed by atoms with Crippen LogP contribution in [0.25, 0.3) is 0 Å². The number of rotatable bonds is 5. The molecule has 0 aliphatic heterocycles. The molecule has 1 aromatic heterocycles. The first kappa shape index (κ1) is 15.2. The van der Waals surface area contributed by atoms with Gasteiger partial charge in [0.15, 0.2) is 0 Å². The summed E-state index contributed by atoms with van der Waals surface area (Å²) in [5.74, 6) is 0.389. The Morgan fingerprint density at radius 1 is 1.47 bits per heavy atom. The Hall–Kier alpha value is 0.190. The SMILES string of the molecule is Cc1cc(S(=O)(=O)NCC(C)(C)CCl)sc1Cl. The molecule has 0 radical (unpaired) electrons. The van der Waals surface area contributed by atoms with E-state index < -0.39 is 10.0 Å². The second-order valence-electron chi connectivity index (χ2n) is 4.64. The summed E-state index contributed by atoms with van der Waals surface area (Å²) in [4.78, 5) is 0. The zero-order valence-corrected chi connectivity index (χ0v) is 13.0. The van der Waals surface area contributed by atoms with Crippen molar-refractivity contribution in [2.75, 3.05) is 12.4 Å². The standard InChI is InChI=1S/C10H15Cl2NO2S2/c1-7-4-8(16-9(7)12)17(14,15)13-6-10(2,3)5-11/h4,13H,5-6H2,1-3H3. The van der Waals surface area contributed by atoms with E-state index in [1.807, 2.05) is 13.8 Å². The van der Waals surface area contributed by atoms with E-state index in [0.717, 1.165) is 16.9 Å². The first-order valence-electron chi connectivity index (χ1n) is 4.99. The van der Waals surface area contributed by atoms with Gasteiger partial charge in [0, 0.05) is 12.4 Å². The fourth-order valence-corrected chi connectivity index (χ4v) is 4.06. The number of hydrogen-bond donors (Lipinski definition) is 1. The van der Waals surface area contributed by atoms with Gasteiger partial charge in [0.2, 0.25) is 10.0 Å². The summed E-state index contributed by atoms with van der Waals surface area (Å²) in [6, 6.07) is 1.57. The summed E-state index contributed by atoms with van der Waals surface area (Å²) in [6.07, 6.45) is 0. The monoisotopic (exact) mass is 315 g/mol. The van der Waals surface area contributed by atoms with Crippen LogP contribution in [-0.4, -0.2) is 20.8 Å². The van der Waals surface area contributed by atoms with Gasteiger partial charge in [-0.25, -0.2) is 13.1 Å². The number of nitrogens with one attached hydrogen (secondary N) is 1. The maximum atomic E-state index is 12.0. The predicted octanol–water partition coefficient (Wildman–Crippen LogP) is 3.25. The van der Waals surface area contributed by atoms with E-state index in [-0.39, 0.29) is 9.62 Å². The Kier molecular flexibility index (Phi) is 4.88. The molecule has 3 nitrogen and oxygen atoms in total. The van der Waals surface area contributed by atoms with Crippen LogP contribution in [0, 0.1) is 12.3 Å². The van der Waals surface area contributed by atoms with Gasteiger partial charge in [-0.3, -0.25) is 0 Å². The second kappa shape index (κ2) is 5.45. The number of thiophene rings is 1. The average Bonchev–Trinajstić information content (AvgIpc) is 2.58. The molecule has 1 rings (SSSR count). The van der Waals surface area contributed by atoms with Crippen LogP contribution in [0.5, 0.6) is 0 Å². The van der Waals surface area contributed by atoms with Crippen LogP contribution in [0.2, 0.25) is 4.34 Å². The van der Waals surface area contributed by atoms with Crippen molar-refractivity contribution in [1.82, 2.24) is 4.72 Å². The van der Waals surface area contributed by atoms with Crippen molar-refractivity contribution >= 4 is 44.6 Å². The Balaban J connectivity index is 2.83. The van der Waals surface area contributed by atoms with Gasteiger partial charge in [-0.15, -0.1) is 22.9 Å². The van der Waals surface area contributed by atoms with Gasteiger partial charge < -0.3 is 0 Å². The molecule has 0 bridgehead atoms. The number of alkyl halides is 1. The molecule has 0 fully saturated rings. The van der Waals surface area contributed by atoms with Crippen molar-refractivity contribution in [2.45, 2.75) is 25.0 Å². The summed E-state index contributed by atoms with van der Waals surface area (Å²) in [5.41, 5.74) is 0.499. The lowest BCUT2D eigenvalue weighted by atomic mass is 9.97. The molecule has 0 amide bonds. The summed E-state index contributed by atoms with van der Waals surface area (Å²) < 4.78 is 27.2. The third-order valence-electron chi connectivity index (χ3n) is 2.20. The van der Waals surface area contributed by atoms with E-state index in [9.17, 15) is 8.42 Å². The van der Waals surface area contributed by atoms with Crippen molar-refractivity contribution < 1.29 is 8.42 Å². The summed E-state index contributed by atoms with van der Waals surface area (Å²) in [7, 11) is -3.48. The molecule has 1 heterocycles. The minimum absolute atomic E-state index is 0.241. The number of sulfonamides is 1. The maximum absolute atomic E-state index is 12.0. The first-order valence-corrected chi connectivity index (χ1v) is 8.21. The van der Waals surface area contributed by atoms with Crippen LogP contribution in [0.1, 0.15) is 19.4 Å². The lowest BCUT2D eigenvalue weighted by molar-refractivity contribution is 0.414. The van der Waals surface area contributed by atoms with Gasteiger partial charge in [0.05, 0.1) is 4.34 Å². The zero-order valence-electron chi connectivity index (χ0n) is 9.88. The third kappa shape index (κ3) is 4.10. The van der Waals surface area contributed by atoms with E-state index in [4.69, 9.17) is 23.2 Å². The molecule has 0 aliphatic rings. The van der Waals surface area contributed by atoms with Crippen molar-refractivity contribution in [3.8, 4) is 0 Å². The molecule has 7 heteroatoms. The molecule has 0 atom stereocenters. The summed E-state index contributed by atoms with van der Waals surface area (Å²) in [6.45, 7) is 5.87. The lowest BCUT2D eigenvalue weighted by Gasteiger charge is -2.21. The smallest absolute Gasteiger partial charge is 0.210 e. The van der Waals surface area contributed by atoms with Crippen molar-refractivity contribution in [3.63, 3.8) is 0 Å². The maximum Gasteiger partial charge on any atom is 0.250 e. The Morgan fingerprint density at radius 3 is 2.47 bits per heavy atom. The molecular formula is C10H15Cl2NO2S2. The molecule has 1 aromatic rings. The molecule has 0 saturated carbocycles. The highest BCUT2D eigenvalue weighted by Gasteiger charge is 2.23. The third-order valence-corrected chi connectivity index (χ3v) is 6.36. The summed E-state index contributed by atoms with van der Waals surface area (Å²) in [5, 5.41) is 0. The van der Waals surface area contributed by atoms with Crippen LogP contribution >= 0.6 is 34.5 Å². The van der Waals surface area contributed by atoms with Crippen LogP contribution in [0.15, 0.2) is 10.3 Å². The van der Waals surface area contributed by atoms with E-state index >= 15 is 0 Å². The molecular weight excluding hydrogens is 301 g/mol. The minimum Gasteiger partial charge on any atom is -0.210 e. The topological polar surface area (TPSA) is 46.2 Å². The largest absolute Gasteiger partial charge is 0.250 e. The second-order valence-corrected chi connectivity index (χ2v) is 8.56. The Labute approximate surface area is 116 Å². The van der Waals surface area contributed by atoms with Crippen LogP contribution in [0.4, 0.5) is 0 Å². The van der Waals surface area contributed by atoms with E-state index in [0.29, 0.717) is 16.8 Å². The molecule has 1 N–H and O–H groups in total. The minimum atomic E-state index is -3.48. The highest BCUT2D eigenvalue weighted by molar-refractivity contribution is 7.91. The Morgan fingerprint density at radius 2 is 2.06 bits per heavy atom. The molecule has 0 aromatic carbocycles. The van der Waals surface area contributed by atoms with Gasteiger partial charge in [-0.1, -0.05) is 25.4 Å². The van der Waals surface area contributed by atoms with E-state index in [1.54, 1.807) is 13.0 Å². The number of halogens is 2. The van der Waals surface area contributed by atoms with Gasteiger partial charge in [-0.2, -0.15) is 0 Å². The molecule has 0 unspecified atom stereocenters. The van der Waals surface area contributed by atoms with Gasteiger partial charge >= 0.3 is 0 Å². The molecule has 98 valence electrons. The summed E-state index contributed by atoms with van der Waals surface area (Å²) >= 11 is 12.7. The highest BCUT2D eigenvalue weighted by atomic mass is 35.5. The van der Waals surface area contributed by atoms with Crippen molar-refractivity contribution in [3.05, 3.63) is 16.0 Å². The fourth-order valence-electron chi connectivity index (χ4n) is 0.973. The lowest BCUT2D eigenvalue weighted by Crippen LogP contribution is -2.34.